The van der Waals surface area contributed by atoms with Crippen molar-refractivity contribution in [2.24, 2.45) is 0 Å². The summed E-state index contributed by atoms with van der Waals surface area (Å²) in [6.45, 7) is 2.67. The Morgan fingerprint density at radius 3 is 2.46 bits per heavy atom. The summed E-state index contributed by atoms with van der Waals surface area (Å²) in [6.07, 6.45) is 4.53. The molecule has 0 bridgehead atoms. The van der Waals surface area contributed by atoms with Crippen molar-refractivity contribution in [3.8, 4) is 11.5 Å². The van der Waals surface area contributed by atoms with Crippen LogP contribution in [0, 0.1) is 0 Å². The number of rotatable bonds is 6. The third-order valence-electron chi connectivity index (χ3n) is 4.86. The number of methoxy groups -OCH3 is 1. The van der Waals surface area contributed by atoms with Crippen molar-refractivity contribution in [3.63, 3.8) is 0 Å². The number of anilines is 1. The van der Waals surface area contributed by atoms with Gasteiger partial charge in [0.05, 0.1) is 19.3 Å². The van der Waals surface area contributed by atoms with Gasteiger partial charge in [-0.2, -0.15) is 0 Å². The summed E-state index contributed by atoms with van der Waals surface area (Å²) < 4.78 is 10.8. The summed E-state index contributed by atoms with van der Waals surface area (Å²) in [4.78, 5) is 0. The Bertz CT molecular complexity index is 740. The second-order valence-corrected chi connectivity index (χ2v) is 6.97. The molecule has 3 rings (SSSR count). The van der Waals surface area contributed by atoms with E-state index in [0.717, 1.165) is 30.0 Å². The Morgan fingerprint density at radius 2 is 1.81 bits per heavy atom. The van der Waals surface area contributed by atoms with Crippen LogP contribution in [0.5, 0.6) is 11.5 Å². The molecule has 1 aliphatic rings. The Balaban J connectivity index is 1.73. The first kappa shape index (κ1) is 18.5. The van der Waals surface area contributed by atoms with E-state index in [2.05, 4.69) is 22.8 Å². The molecule has 0 radical (unpaired) electrons. The van der Waals surface area contributed by atoms with Crippen molar-refractivity contribution in [1.82, 2.24) is 5.32 Å². The van der Waals surface area contributed by atoms with E-state index >= 15 is 0 Å². The van der Waals surface area contributed by atoms with Gasteiger partial charge in [0.2, 0.25) is 0 Å². The van der Waals surface area contributed by atoms with E-state index in [1.54, 1.807) is 7.11 Å². The molecule has 0 atom stereocenters. The van der Waals surface area contributed by atoms with Gasteiger partial charge in [0, 0.05) is 11.8 Å². The Morgan fingerprint density at radius 1 is 1.08 bits per heavy atom. The van der Waals surface area contributed by atoms with E-state index in [0.29, 0.717) is 11.7 Å². The van der Waals surface area contributed by atoms with E-state index in [1.807, 2.05) is 43.3 Å². The molecular weight excluding hydrogens is 344 g/mol. The van der Waals surface area contributed by atoms with Crippen LogP contribution in [0.2, 0.25) is 0 Å². The summed E-state index contributed by atoms with van der Waals surface area (Å²) >= 11 is 5.60. The molecule has 0 amide bonds. The predicted octanol–water partition coefficient (Wildman–Crippen LogP) is 4.85. The van der Waals surface area contributed by atoms with Crippen LogP contribution >= 0.6 is 12.2 Å². The van der Waals surface area contributed by atoms with Crippen molar-refractivity contribution in [3.05, 3.63) is 54.1 Å². The lowest BCUT2D eigenvalue weighted by Gasteiger charge is -2.32. The number of hydrogen-bond donors (Lipinski definition) is 2. The molecule has 0 saturated heterocycles. The Hall–Kier alpha value is -2.27. The molecule has 0 aromatic heterocycles. The SMILES string of the molecule is CCOc1ccc(C2(NC(=S)Nc3cccc(OC)c3)CCCC2)cc1. The summed E-state index contributed by atoms with van der Waals surface area (Å²) in [5.74, 6) is 1.71. The summed E-state index contributed by atoms with van der Waals surface area (Å²) in [6, 6.07) is 16.2. The maximum atomic E-state index is 5.60. The summed E-state index contributed by atoms with van der Waals surface area (Å²) in [7, 11) is 1.66. The fourth-order valence-electron chi connectivity index (χ4n) is 3.58. The maximum absolute atomic E-state index is 5.60. The zero-order valence-corrected chi connectivity index (χ0v) is 16.2. The molecule has 5 heteroatoms. The highest BCUT2D eigenvalue weighted by atomic mass is 32.1. The lowest BCUT2D eigenvalue weighted by molar-refractivity contribution is 0.339. The normalized spacial score (nSPS) is 15.3. The van der Waals surface area contributed by atoms with Crippen molar-refractivity contribution in [1.29, 1.82) is 0 Å². The largest absolute Gasteiger partial charge is 0.497 e. The number of nitrogens with one attached hydrogen (secondary N) is 2. The smallest absolute Gasteiger partial charge is 0.171 e. The highest BCUT2D eigenvalue weighted by Gasteiger charge is 2.36. The molecule has 1 fully saturated rings. The van der Waals surface area contributed by atoms with Gasteiger partial charge in [-0.3, -0.25) is 0 Å². The van der Waals surface area contributed by atoms with Crippen molar-refractivity contribution in [2.45, 2.75) is 38.1 Å². The van der Waals surface area contributed by atoms with Gasteiger partial charge in [-0.05, 0) is 61.8 Å². The molecule has 1 saturated carbocycles. The molecule has 138 valence electrons. The first-order valence-corrected chi connectivity index (χ1v) is 9.52. The first-order chi connectivity index (χ1) is 12.6. The van der Waals surface area contributed by atoms with Gasteiger partial charge in [-0.1, -0.05) is 31.0 Å². The molecule has 2 N–H and O–H groups in total. The molecule has 2 aromatic carbocycles. The van der Waals surface area contributed by atoms with Crippen LogP contribution in [-0.4, -0.2) is 18.8 Å². The standard InChI is InChI=1S/C21H26N2O2S/c1-3-25-18-11-9-16(10-12-18)21(13-4-5-14-21)23-20(26)22-17-7-6-8-19(15-17)24-2/h6-12,15H,3-5,13-14H2,1-2H3,(H2,22,23,26). The summed E-state index contributed by atoms with van der Waals surface area (Å²) in [5, 5.41) is 7.50. The average molecular weight is 371 g/mol. The van der Waals surface area contributed by atoms with Crippen LogP contribution < -0.4 is 20.1 Å². The summed E-state index contributed by atoms with van der Waals surface area (Å²) in [5.41, 5.74) is 2.06. The number of thiocarbonyl (C=S) groups is 1. The molecular formula is C21H26N2O2S. The highest BCUT2D eigenvalue weighted by molar-refractivity contribution is 7.80. The second-order valence-electron chi connectivity index (χ2n) is 6.56. The maximum Gasteiger partial charge on any atom is 0.171 e. The van der Waals surface area contributed by atoms with Gasteiger partial charge in [-0.25, -0.2) is 0 Å². The third kappa shape index (κ3) is 4.28. The lowest BCUT2D eigenvalue weighted by atomic mass is 9.88. The fraction of sp³-hybridized carbons (Fsp3) is 0.381. The zero-order valence-electron chi connectivity index (χ0n) is 15.4. The molecule has 1 aliphatic carbocycles. The number of ether oxygens (including phenoxy) is 2. The molecule has 0 unspecified atom stereocenters. The fourth-order valence-corrected chi connectivity index (χ4v) is 3.89. The van der Waals surface area contributed by atoms with Gasteiger partial charge in [0.25, 0.3) is 0 Å². The van der Waals surface area contributed by atoms with Gasteiger partial charge >= 0.3 is 0 Å². The van der Waals surface area contributed by atoms with Crippen molar-refractivity contribution >= 4 is 23.0 Å². The Kier molecular flexibility index (Phi) is 5.99. The minimum atomic E-state index is -0.117. The van der Waals surface area contributed by atoms with E-state index < -0.39 is 0 Å². The van der Waals surface area contributed by atoms with Crippen LogP contribution in [0.3, 0.4) is 0 Å². The second kappa shape index (κ2) is 8.41. The van der Waals surface area contributed by atoms with Crippen molar-refractivity contribution in [2.75, 3.05) is 19.0 Å². The molecule has 0 heterocycles. The minimum Gasteiger partial charge on any atom is -0.497 e. The van der Waals surface area contributed by atoms with E-state index in [9.17, 15) is 0 Å². The highest BCUT2D eigenvalue weighted by Crippen LogP contribution is 2.39. The van der Waals surface area contributed by atoms with E-state index in [-0.39, 0.29) is 5.54 Å². The van der Waals surface area contributed by atoms with Crippen LogP contribution in [0.4, 0.5) is 5.69 Å². The molecule has 0 spiro atoms. The number of hydrogen-bond acceptors (Lipinski definition) is 3. The lowest BCUT2D eigenvalue weighted by Crippen LogP contribution is -2.45. The van der Waals surface area contributed by atoms with Crippen LogP contribution in [0.1, 0.15) is 38.2 Å². The molecule has 2 aromatic rings. The van der Waals surface area contributed by atoms with Gasteiger partial charge in [0.1, 0.15) is 11.5 Å². The van der Waals surface area contributed by atoms with Crippen LogP contribution in [-0.2, 0) is 5.54 Å². The van der Waals surface area contributed by atoms with E-state index in [1.165, 1.54) is 18.4 Å². The van der Waals surface area contributed by atoms with Crippen LogP contribution in [0.25, 0.3) is 0 Å². The quantitative estimate of drug-likeness (QED) is 0.712. The predicted molar refractivity (Wildman–Crippen MR) is 110 cm³/mol. The van der Waals surface area contributed by atoms with Gasteiger partial charge in [-0.15, -0.1) is 0 Å². The van der Waals surface area contributed by atoms with Crippen LogP contribution in [0.15, 0.2) is 48.5 Å². The average Bonchev–Trinajstić information content (AvgIpc) is 3.12. The Labute approximate surface area is 160 Å². The van der Waals surface area contributed by atoms with Gasteiger partial charge in [0.15, 0.2) is 5.11 Å². The van der Waals surface area contributed by atoms with Gasteiger partial charge < -0.3 is 20.1 Å². The van der Waals surface area contributed by atoms with Crippen molar-refractivity contribution < 1.29 is 9.47 Å². The van der Waals surface area contributed by atoms with E-state index in [4.69, 9.17) is 21.7 Å². The monoisotopic (exact) mass is 370 g/mol. The molecule has 26 heavy (non-hydrogen) atoms. The zero-order chi connectivity index (χ0) is 18.4. The minimum absolute atomic E-state index is 0.117. The first-order valence-electron chi connectivity index (χ1n) is 9.12. The third-order valence-corrected chi connectivity index (χ3v) is 5.06. The number of benzene rings is 2. The molecule has 0 aliphatic heterocycles. The topological polar surface area (TPSA) is 42.5 Å². The molecule has 4 nitrogen and oxygen atoms in total.